The number of rotatable bonds is 8. The van der Waals surface area contributed by atoms with E-state index < -0.39 is 11.0 Å². The number of halogens is 1. The van der Waals surface area contributed by atoms with Crippen LogP contribution >= 0.6 is 12.4 Å². The summed E-state index contributed by atoms with van der Waals surface area (Å²) < 4.78 is 10.9. The molecule has 0 unspecified atom stereocenters. The average molecular weight is 410 g/mol. The highest BCUT2D eigenvalue weighted by atomic mass is 35.5. The van der Waals surface area contributed by atoms with Crippen molar-refractivity contribution >= 4 is 24.2 Å². The molecule has 0 saturated heterocycles. The second-order valence-electron chi connectivity index (χ2n) is 6.06. The highest BCUT2D eigenvalue weighted by molar-refractivity contribution is 5.85. The third-order valence-electron chi connectivity index (χ3n) is 3.92. The number of carbonyl (C=O) groups is 1. The van der Waals surface area contributed by atoms with Crippen LogP contribution < -0.4 is 14.8 Å². The fourth-order valence-corrected chi connectivity index (χ4v) is 2.40. The Balaban J connectivity index is 0.00000392. The van der Waals surface area contributed by atoms with Gasteiger partial charge in [-0.1, -0.05) is 12.1 Å². The molecule has 2 aromatic carbocycles. The summed E-state index contributed by atoms with van der Waals surface area (Å²) in [7, 11) is 5.11. The second kappa shape index (κ2) is 11.1. The molecule has 152 valence electrons. The van der Waals surface area contributed by atoms with Gasteiger partial charge in [-0.05, 0) is 36.9 Å². The van der Waals surface area contributed by atoms with Crippen LogP contribution in [0.1, 0.15) is 18.0 Å². The molecular formula is C19H24ClN3O5. The van der Waals surface area contributed by atoms with Crippen molar-refractivity contribution < 1.29 is 19.2 Å². The molecule has 2 aromatic rings. The zero-order chi connectivity index (χ0) is 19.8. The van der Waals surface area contributed by atoms with Gasteiger partial charge in [-0.25, -0.2) is 4.79 Å². The first-order chi connectivity index (χ1) is 12.9. The Morgan fingerprint density at radius 2 is 1.68 bits per heavy atom. The number of nitrogens with one attached hydrogen (secondary N) is 1. The SMILES string of the molecule is CN[C@@H](CCOc1ccc([N+](=O)[O-])cc1)c1ccc(OC(=O)N(C)C)cc1.Cl. The average Bonchev–Trinajstić information content (AvgIpc) is 2.66. The van der Waals surface area contributed by atoms with E-state index in [0.29, 0.717) is 24.5 Å². The zero-order valence-corrected chi connectivity index (χ0v) is 16.8. The molecule has 0 bridgehead atoms. The maximum Gasteiger partial charge on any atom is 0.414 e. The third-order valence-corrected chi connectivity index (χ3v) is 3.92. The number of hydrogen-bond acceptors (Lipinski definition) is 6. The molecule has 0 aliphatic rings. The van der Waals surface area contributed by atoms with E-state index in [4.69, 9.17) is 9.47 Å². The van der Waals surface area contributed by atoms with E-state index in [1.165, 1.54) is 17.0 Å². The number of non-ortho nitro benzene ring substituents is 1. The number of nitrogens with zero attached hydrogens (tertiary/aromatic N) is 2. The smallest absolute Gasteiger partial charge is 0.414 e. The molecule has 0 spiro atoms. The van der Waals surface area contributed by atoms with E-state index in [2.05, 4.69) is 5.32 Å². The van der Waals surface area contributed by atoms with Crippen LogP contribution in [0.2, 0.25) is 0 Å². The van der Waals surface area contributed by atoms with Crippen LogP contribution in [0.5, 0.6) is 11.5 Å². The maximum absolute atomic E-state index is 11.6. The number of amides is 1. The minimum absolute atomic E-state index is 0. The predicted molar refractivity (Wildman–Crippen MR) is 108 cm³/mol. The van der Waals surface area contributed by atoms with Crippen LogP contribution in [0.3, 0.4) is 0 Å². The lowest BCUT2D eigenvalue weighted by Crippen LogP contribution is -2.25. The Morgan fingerprint density at radius 1 is 1.11 bits per heavy atom. The highest BCUT2D eigenvalue weighted by Gasteiger charge is 2.12. The summed E-state index contributed by atoms with van der Waals surface area (Å²) in [5.74, 6) is 1.07. The summed E-state index contributed by atoms with van der Waals surface area (Å²) in [6.45, 7) is 0.445. The van der Waals surface area contributed by atoms with Gasteiger partial charge in [-0.15, -0.1) is 12.4 Å². The highest BCUT2D eigenvalue weighted by Crippen LogP contribution is 2.22. The van der Waals surface area contributed by atoms with E-state index in [0.717, 1.165) is 5.56 Å². The Labute approximate surface area is 170 Å². The number of benzene rings is 2. The molecule has 8 nitrogen and oxygen atoms in total. The first-order valence-corrected chi connectivity index (χ1v) is 8.44. The molecule has 0 aromatic heterocycles. The van der Waals surface area contributed by atoms with Crippen molar-refractivity contribution in [3.8, 4) is 11.5 Å². The number of carbonyl (C=O) groups excluding carboxylic acids is 1. The van der Waals surface area contributed by atoms with Gasteiger partial charge in [0.15, 0.2) is 0 Å². The van der Waals surface area contributed by atoms with Crippen LogP contribution in [0.15, 0.2) is 48.5 Å². The maximum atomic E-state index is 11.6. The molecule has 0 fully saturated rings. The van der Waals surface area contributed by atoms with Crippen LogP contribution in [-0.2, 0) is 0 Å². The van der Waals surface area contributed by atoms with Gasteiger partial charge in [0.1, 0.15) is 11.5 Å². The quantitative estimate of drug-likeness (QED) is 0.526. The first-order valence-electron chi connectivity index (χ1n) is 8.44. The Morgan fingerprint density at radius 3 is 2.18 bits per heavy atom. The van der Waals surface area contributed by atoms with E-state index >= 15 is 0 Å². The summed E-state index contributed by atoms with van der Waals surface area (Å²) in [6.07, 6.45) is 0.272. The standard InChI is InChI=1S/C19H23N3O5.ClH/c1-20-18(12-13-26-16-10-6-15(7-11-16)22(24)25)14-4-8-17(9-5-14)27-19(23)21(2)3;/h4-11,18,20H,12-13H2,1-3H3;1H/t18-;/m0./s1. The van der Waals surface area contributed by atoms with E-state index in [9.17, 15) is 14.9 Å². The minimum Gasteiger partial charge on any atom is -0.494 e. The first kappa shape index (κ1) is 23.2. The van der Waals surface area contributed by atoms with Crippen molar-refractivity contribution in [1.29, 1.82) is 0 Å². The normalized spacial score (nSPS) is 11.1. The van der Waals surface area contributed by atoms with Gasteiger partial charge in [-0.2, -0.15) is 0 Å². The predicted octanol–water partition coefficient (Wildman–Crippen LogP) is 3.81. The van der Waals surface area contributed by atoms with Crippen molar-refractivity contribution in [2.75, 3.05) is 27.7 Å². The van der Waals surface area contributed by atoms with Gasteiger partial charge in [0, 0.05) is 38.7 Å². The van der Waals surface area contributed by atoms with Crippen molar-refractivity contribution in [2.45, 2.75) is 12.5 Å². The molecule has 0 aliphatic heterocycles. The fraction of sp³-hybridized carbons (Fsp3) is 0.316. The largest absolute Gasteiger partial charge is 0.494 e. The van der Waals surface area contributed by atoms with E-state index in [1.54, 1.807) is 38.4 Å². The molecule has 0 heterocycles. The summed E-state index contributed by atoms with van der Waals surface area (Å²) in [6, 6.07) is 13.3. The van der Waals surface area contributed by atoms with Crippen LogP contribution in [-0.4, -0.2) is 43.7 Å². The zero-order valence-electron chi connectivity index (χ0n) is 16.0. The van der Waals surface area contributed by atoms with E-state index in [-0.39, 0.29) is 24.1 Å². The fourth-order valence-electron chi connectivity index (χ4n) is 2.40. The van der Waals surface area contributed by atoms with Crippen molar-refractivity contribution in [1.82, 2.24) is 10.2 Å². The van der Waals surface area contributed by atoms with Gasteiger partial charge in [0.25, 0.3) is 5.69 Å². The number of ether oxygens (including phenoxy) is 2. The molecule has 1 N–H and O–H groups in total. The Kier molecular flexibility index (Phi) is 9.20. The lowest BCUT2D eigenvalue weighted by Gasteiger charge is -2.18. The monoisotopic (exact) mass is 409 g/mol. The van der Waals surface area contributed by atoms with Crippen LogP contribution in [0.25, 0.3) is 0 Å². The summed E-state index contributed by atoms with van der Waals surface area (Å²) in [5, 5.41) is 13.9. The molecular weight excluding hydrogens is 386 g/mol. The number of nitro groups is 1. The van der Waals surface area contributed by atoms with Gasteiger partial charge >= 0.3 is 6.09 Å². The van der Waals surface area contributed by atoms with Crippen LogP contribution in [0, 0.1) is 10.1 Å². The van der Waals surface area contributed by atoms with E-state index in [1.807, 2.05) is 19.2 Å². The molecule has 9 heteroatoms. The van der Waals surface area contributed by atoms with Gasteiger partial charge in [0.2, 0.25) is 0 Å². The third kappa shape index (κ3) is 6.71. The number of nitro benzene ring substituents is 1. The van der Waals surface area contributed by atoms with Gasteiger partial charge in [-0.3, -0.25) is 10.1 Å². The lowest BCUT2D eigenvalue weighted by molar-refractivity contribution is -0.384. The lowest BCUT2D eigenvalue weighted by atomic mass is 10.0. The van der Waals surface area contributed by atoms with Crippen LogP contribution in [0.4, 0.5) is 10.5 Å². The molecule has 0 radical (unpaired) electrons. The van der Waals surface area contributed by atoms with Gasteiger partial charge in [0.05, 0.1) is 11.5 Å². The number of hydrogen-bond donors (Lipinski definition) is 1. The Hall–Kier alpha value is -2.84. The van der Waals surface area contributed by atoms with Crippen molar-refractivity contribution in [3.05, 3.63) is 64.2 Å². The summed E-state index contributed by atoms with van der Waals surface area (Å²) in [5.41, 5.74) is 1.07. The molecule has 0 saturated carbocycles. The topological polar surface area (TPSA) is 93.9 Å². The molecule has 1 amide bonds. The van der Waals surface area contributed by atoms with Crippen molar-refractivity contribution in [2.24, 2.45) is 0 Å². The summed E-state index contributed by atoms with van der Waals surface area (Å²) in [4.78, 5) is 23.1. The summed E-state index contributed by atoms with van der Waals surface area (Å²) >= 11 is 0. The van der Waals surface area contributed by atoms with Gasteiger partial charge < -0.3 is 19.7 Å². The Bertz CT molecular complexity index is 766. The molecule has 28 heavy (non-hydrogen) atoms. The minimum atomic E-state index is -0.444. The molecule has 1 atom stereocenters. The molecule has 2 rings (SSSR count). The second-order valence-corrected chi connectivity index (χ2v) is 6.06. The molecule has 0 aliphatic carbocycles. The van der Waals surface area contributed by atoms with Crippen molar-refractivity contribution in [3.63, 3.8) is 0 Å².